The molecule has 2 N–H and O–H groups in total. The van der Waals surface area contributed by atoms with Gasteiger partial charge in [-0.25, -0.2) is 9.97 Å². The number of furan rings is 1. The second kappa shape index (κ2) is 6.92. The number of nitrogens with one attached hydrogen (secondary N) is 1. The minimum Gasteiger partial charge on any atom is -0.504 e. The molecule has 28 heavy (non-hydrogen) atoms. The Balaban J connectivity index is 1.74. The van der Waals surface area contributed by atoms with Gasteiger partial charge in [0.2, 0.25) is 0 Å². The van der Waals surface area contributed by atoms with Gasteiger partial charge in [-0.1, -0.05) is 12.1 Å². The van der Waals surface area contributed by atoms with E-state index in [-0.39, 0.29) is 11.8 Å². The van der Waals surface area contributed by atoms with E-state index in [1.165, 1.54) is 7.11 Å². The van der Waals surface area contributed by atoms with Crippen LogP contribution >= 0.6 is 0 Å². The van der Waals surface area contributed by atoms with Crippen LogP contribution in [0.15, 0.2) is 40.8 Å². The first-order chi connectivity index (χ1) is 13.5. The summed E-state index contributed by atoms with van der Waals surface area (Å²) < 4.78 is 16.6. The fraction of sp³-hybridized carbons (Fsp3) is 0.238. The van der Waals surface area contributed by atoms with Gasteiger partial charge in [-0.3, -0.25) is 0 Å². The topological polar surface area (TPSA) is 89.6 Å². The number of nitrogens with zero attached hydrogens (tertiary/aromatic N) is 2. The molecule has 7 heteroatoms. The number of fused-ring (bicyclic) bond motifs is 2. The molecule has 0 aliphatic carbocycles. The van der Waals surface area contributed by atoms with Crippen LogP contribution in [0.25, 0.3) is 21.9 Å². The maximum Gasteiger partial charge on any atom is 0.176 e. The number of rotatable bonds is 5. The lowest BCUT2D eigenvalue weighted by molar-refractivity contribution is 0.374. The van der Waals surface area contributed by atoms with Crippen molar-refractivity contribution in [3.05, 3.63) is 48.0 Å². The smallest absolute Gasteiger partial charge is 0.176 e. The predicted octanol–water partition coefficient (Wildman–Crippen LogP) is 4.58. The van der Waals surface area contributed by atoms with Crippen molar-refractivity contribution < 1.29 is 19.0 Å². The molecule has 0 aliphatic heterocycles. The molecule has 2 aromatic carbocycles. The fourth-order valence-electron chi connectivity index (χ4n) is 3.24. The van der Waals surface area contributed by atoms with Crippen LogP contribution in [-0.2, 0) is 0 Å². The van der Waals surface area contributed by atoms with Gasteiger partial charge in [0.1, 0.15) is 17.4 Å². The van der Waals surface area contributed by atoms with Crippen molar-refractivity contribution >= 4 is 27.7 Å². The Hall–Kier alpha value is -3.48. The number of aromatic hydroxyl groups is 1. The molecule has 2 aromatic heterocycles. The van der Waals surface area contributed by atoms with Crippen molar-refractivity contribution in [1.29, 1.82) is 0 Å². The zero-order chi connectivity index (χ0) is 19.8. The molecule has 2 heterocycles. The highest BCUT2D eigenvalue weighted by atomic mass is 16.5. The number of benzene rings is 2. The molecule has 144 valence electrons. The number of anilines is 1. The molecule has 0 spiro atoms. The summed E-state index contributed by atoms with van der Waals surface area (Å²) in [7, 11) is 3.13. The zero-order valence-electron chi connectivity index (χ0n) is 16.1. The van der Waals surface area contributed by atoms with Gasteiger partial charge in [0.05, 0.1) is 25.8 Å². The summed E-state index contributed by atoms with van der Waals surface area (Å²) in [4.78, 5) is 8.95. The van der Waals surface area contributed by atoms with Crippen molar-refractivity contribution in [2.45, 2.75) is 19.9 Å². The number of phenols is 1. The molecule has 7 nitrogen and oxygen atoms in total. The van der Waals surface area contributed by atoms with E-state index in [1.54, 1.807) is 19.2 Å². The van der Waals surface area contributed by atoms with Crippen LogP contribution in [0.3, 0.4) is 0 Å². The van der Waals surface area contributed by atoms with Crippen LogP contribution in [0.5, 0.6) is 17.2 Å². The molecule has 0 fully saturated rings. The quantitative estimate of drug-likeness (QED) is 0.524. The molecule has 0 bridgehead atoms. The summed E-state index contributed by atoms with van der Waals surface area (Å²) in [5, 5.41) is 15.2. The largest absolute Gasteiger partial charge is 0.504 e. The summed E-state index contributed by atoms with van der Waals surface area (Å²) in [5.41, 5.74) is 1.39. The third kappa shape index (κ3) is 3.05. The molecular formula is C21H21N3O4. The maximum absolute atomic E-state index is 10.2. The number of aromatic nitrogens is 2. The number of para-hydroxylation sites is 1. The summed E-state index contributed by atoms with van der Waals surface area (Å²) in [6.45, 7) is 3.80. The molecule has 4 aromatic rings. The average molecular weight is 379 g/mol. The molecule has 0 radical (unpaired) electrons. The Labute approximate surface area is 161 Å². The Morgan fingerprint density at radius 3 is 2.61 bits per heavy atom. The van der Waals surface area contributed by atoms with Gasteiger partial charge >= 0.3 is 0 Å². The molecule has 0 aliphatic rings. The third-order valence-corrected chi connectivity index (χ3v) is 4.64. The molecule has 0 amide bonds. The number of ether oxygens (including phenoxy) is 2. The van der Waals surface area contributed by atoms with Crippen molar-refractivity contribution in [2.24, 2.45) is 0 Å². The van der Waals surface area contributed by atoms with E-state index < -0.39 is 0 Å². The number of methoxy groups -OCH3 is 2. The Bertz CT molecular complexity index is 1170. The summed E-state index contributed by atoms with van der Waals surface area (Å²) in [5.74, 6) is 3.07. The number of phenolic OH excluding ortho intramolecular Hbond substituents is 1. The second-order valence-electron chi connectivity index (χ2n) is 6.55. The van der Waals surface area contributed by atoms with Crippen LogP contribution < -0.4 is 14.8 Å². The van der Waals surface area contributed by atoms with Gasteiger partial charge in [0.25, 0.3) is 0 Å². The predicted molar refractivity (Wildman–Crippen MR) is 107 cm³/mol. The molecule has 1 atom stereocenters. The van der Waals surface area contributed by atoms with Gasteiger partial charge in [-0.15, -0.1) is 0 Å². The van der Waals surface area contributed by atoms with Crippen LogP contribution in [0, 0.1) is 6.92 Å². The monoisotopic (exact) mass is 379 g/mol. The van der Waals surface area contributed by atoms with Crippen molar-refractivity contribution in [3.63, 3.8) is 0 Å². The third-order valence-electron chi connectivity index (χ3n) is 4.64. The molecule has 1 unspecified atom stereocenters. The number of aryl methyl sites for hydroxylation is 1. The van der Waals surface area contributed by atoms with Crippen LogP contribution in [0.2, 0.25) is 0 Å². The lowest BCUT2D eigenvalue weighted by Crippen LogP contribution is -2.09. The van der Waals surface area contributed by atoms with Gasteiger partial charge in [0, 0.05) is 16.8 Å². The maximum atomic E-state index is 10.2. The Morgan fingerprint density at radius 2 is 1.86 bits per heavy atom. The lowest BCUT2D eigenvalue weighted by Gasteiger charge is -2.15. The SMILES string of the molecule is COc1cc2nc(C)nc(NC(C)c3cc4cccc(OC)c4o3)c2cc1O. The van der Waals surface area contributed by atoms with E-state index in [1.807, 2.05) is 38.1 Å². The van der Waals surface area contributed by atoms with Gasteiger partial charge in [-0.2, -0.15) is 0 Å². The van der Waals surface area contributed by atoms with Crippen LogP contribution in [0.4, 0.5) is 5.82 Å². The van der Waals surface area contributed by atoms with Crippen molar-refractivity contribution in [1.82, 2.24) is 9.97 Å². The summed E-state index contributed by atoms with van der Waals surface area (Å²) in [6.07, 6.45) is 0. The fourth-order valence-corrected chi connectivity index (χ4v) is 3.24. The number of hydrogen-bond acceptors (Lipinski definition) is 7. The van der Waals surface area contributed by atoms with Crippen LogP contribution in [0.1, 0.15) is 24.6 Å². The van der Waals surface area contributed by atoms with E-state index in [4.69, 9.17) is 13.9 Å². The highest BCUT2D eigenvalue weighted by Crippen LogP contribution is 2.35. The summed E-state index contributed by atoms with van der Waals surface area (Å²) in [6, 6.07) is 10.9. The number of hydrogen-bond donors (Lipinski definition) is 2. The van der Waals surface area contributed by atoms with Gasteiger partial charge in [-0.05, 0) is 32.0 Å². The van der Waals surface area contributed by atoms with Gasteiger partial charge in [0.15, 0.2) is 22.8 Å². The summed E-state index contributed by atoms with van der Waals surface area (Å²) >= 11 is 0. The van der Waals surface area contributed by atoms with E-state index in [2.05, 4.69) is 15.3 Å². The minimum atomic E-state index is -0.168. The lowest BCUT2D eigenvalue weighted by atomic mass is 10.1. The standard InChI is InChI=1S/C21H21N3O4/c1-11(18-8-13-6-5-7-17(26-3)20(13)28-18)22-21-14-9-16(25)19(27-4)10-15(14)23-12(2)24-21/h5-11,25H,1-4H3,(H,22,23,24). The first kappa shape index (κ1) is 17.9. The molecule has 4 rings (SSSR count). The normalized spacial score (nSPS) is 12.3. The van der Waals surface area contributed by atoms with Gasteiger partial charge < -0.3 is 24.3 Å². The first-order valence-corrected chi connectivity index (χ1v) is 8.88. The van der Waals surface area contributed by atoms with E-state index in [0.717, 1.165) is 11.1 Å². The minimum absolute atomic E-state index is 0.0339. The van der Waals surface area contributed by atoms with E-state index in [9.17, 15) is 5.11 Å². The molecule has 0 saturated heterocycles. The molecular weight excluding hydrogens is 358 g/mol. The second-order valence-corrected chi connectivity index (χ2v) is 6.55. The Kier molecular flexibility index (Phi) is 4.43. The Morgan fingerprint density at radius 1 is 1.07 bits per heavy atom. The van der Waals surface area contributed by atoms with E-state index in [0.29, 0.717) is 39.6 Å². The highest BCUT2D eigenvalue weighted by Gasteiger charge is 2.17. The highest BCUT2D eigenvalue weighted by molar-refractivity contribution is 5.92. The van der Waals surface area contributed by atoms with Crippen molar-refractivity contribution in [2.75, 3.05) is 19.5 Å². The van der Waals surface area contributed by atoms with Crippen LogP contribution in [-0.4, -0.2) is 29.3 Å². The van der Waals surface area contributed by atoms with Crippen molar-refractivity contribution in [3.8, 4) is 17.2 Å². The van der Waals surface area contributed by atoms with E-state index >= 15 is 0 Å². The molecule has 0 saturated carbocycles. The average Bonchev–Trinajstić information content (AvgIpc) is 3.12. The zero-order valence-corrected chi connectivity index (χ0v) is 16.1. The first-order valence-electron chi connectivity index (χ1n) is 8.88.